The summed E-state index contributed by atoms with van der Waals surface area (Å²) in [7, 11) is 0. The van der Waals surface area contributed by atoms with E-state index in [0.29, 0.717) is 0 Å². The highest BCUT2D eigenvalue weighted by molar-refractivity contribution is 6.25. The van der Waals surface area contributed by atoms with Crippen LogP contribution in [0.4, 0.5) is 17.1 Å². The van der Waals surface area contributed by atoms with Gasteiger partial charge in [0.2, 0.25) is 0 Å². The molecule has 0 fully saturated rings. The van der Waals surface area contributed by atoms with Gasteiger partial charge < -0.3 is 13.9 Å². The van der Waals surface area contributed by atoms with E-state index in [1.54, 1.807) is 0 Å². The fourth-order valence-corrected chi connectivity index (χ4v) is 8.83. The van der Waals surface area contributed by atoms with E-state index in [2.05, 4.69) is 193 Å². The number of benzene rings is 8. The molecule has 11 rings (SSSR count). The molecule has 0 atom stereocenters. The van der Waals surface area contributed by atoms with Crippen molar-refractivity contribution < 1.29 is 4.42 Å². The van der Waals surface area contributed by atoms with Crippen molar-refractivity contribution in [3.05, 3.63) is 181 Å². The van der Waals surface area contributed by atoms with Gasteiger partial charge in [0, 0.05) is 38.3 Å². The third kappa shape index (κ3) is 4.02. The van der Waals surface area contributed by atoms with Gasteiger partial charge in [0.1, 0.15) is 11.2 Å². The van der Waals surface area contributed by atoms with E-state index in [9.17, 15) is 0 Å². The Morgan fingerprint density at radius 1 is 0.519 bits per heavy atom. The molecule has 0 bridgehead atoms. The molecule has 0 saturated carbocycles. The number of hydrogen-bond donors (Lipinski definition) is 0. The molecule has 0 N–H and O–H groups in total. The molecule has 246 valence electrons. The second-order valence-corrected chi connectivity index (χ2v) is 14.5. The third-order valence-electron chi connectivity index (χ3n) is 11.3. The molecule has 1 aliphatic heterocycles. The van der Waals surface area contributed by atoms with Gasteiger partial charge in [-0.15, -0.1) is 0 Å². The zero-order valence-electron chi connectivity index (χ0n) is 29.0. The van der Waals surface area contributed by atoms with Crippen molar-refractivity contribution >= 4 is 71.6 Å². The minimum absolute atomic E-state index is 0.251. The Bertz CT molecular complexity index is 3030. The molecule has 3 nitrogen and oxygen atoms in total. The lowest BCUT2D eigenvalue weighted by Gasteiger charge is -2.35. The van der Waals surface area contributed by atoms with Gasteiger partial charge in [0.15, 0.2) is 0 Å². The van der Waals surface area contributed by atoms with Crippen LogP contribution >= 0.6 is 0 Å². The van der Waals surface area contributed by atoms with Crippen LogP contribution in [0.25, 0.3) is 71.3 Å². The number of rotatable bonds is 4. The molecule has 0 spiro atoms. The molecule has 0 aliphatic carbocycles. The second-order valence-electron chi connectivity index (χ2n) is 14.5. The van der Waals surface area contributed by atoms with Crippen LogP contribution in [0.5, 0.6) is 0 Å². The monoisotopic (exact) mass is 666 g/mol. The summed E-state index contributed by atoms with van der Waals surface area (Å²) in [6.45, 7) is 4.76. The number of hydrogen-bond acceptors (Lipinski definition) is 2. The van der Waals surface area contributed by atoms with Gasteiger partial charge in [-0.1, -0.05) is 123 Å². The number of anilines is 3. The van der Waals surface area contributed by atoms with Gasteiger partial charge in [-0.05, 0) is 88.3 Å². The summed E-state index contributed by atoms with van der Waals surface area (Å²) >= 11 is 0. The highest BCUT2D eigenvalue weighted by atomic mass is 16.3. The fourth-order valence-electron chi connectivity index (χ4n) is 8.83. The quantitative estimate of drug-likeness (QED) is 0.186. The van der Waals surface area contributed by atoms with Gasteiger partial charge in [-0.2, -0.15) is 0 Å². The van der Waals surface area contributed by atoms with Crippen LogP contribution < -0.4 is 4.90 Å². The molecular formula is C49H34N2O. The molecule has 2 aromatic heterocycles. The largest absolute Gasteiger partial charge is 0.455 e. The minimum Gasteiger partial charge on any atom is -0.455 e. The Hall–Kier alpha value is -6.58. The molecular weight excluding hydrogens is 633 g/mol. The molecule has 1 aliphatic rings. The maximum absolute atomic E-state index is 6.63. The summed E-state index contributed by atoms with van der Waals surface area (Å²) < 4.78 is 9.11. The van der Waals surface area contributed by atoms with Crippen LogP contribution in [0.3, 0.4) is 0 Å². The molecule has 8 aromatic carbocycles. The smallest absolute Gasteiger partial charge is 0.145 e. The van der Waals surface area contributed by atoms with E-state index in [0.717, 1.165) is 33.6 Å². The van der Waals surface area contributed by atoms with E-state index >= 15 is 0 Å². The Kier molecular flexibility index (Phi) is 6.01. The Balaban J connectivity index is 1.08. The van der Waals surface area contributed by atoms with Crippen LogP contribution in [0.1, 0.15) is 25.0 Å². The van der Waals surface area contributed by atoms with E-state index in [-0.39, 0.29) is 5.41 Å². The number of aromatic nitrogens is 1. The van der Waals surface area contributed by atoms with E-state index < -0.39 is 0 Å². The summed E-state index contributed by atoms with van der Waals surface area (Å²) in [5.74, 6) is 0. The Labute approximate surface area is 301 Å². The minimum atomic E-state index is -0.251. The molecule has 0 amide bonds. The Morgan fingerprint density at radius 3 is 2.04 bits per heavy atom. The molecule has 3 heterocycles. The first-order chi connectivity index (χ1) is 25.6. The molecule has 52 heavy (non-hydrogen) atoms. The maximum atomic E-state index is 6.63. The summed E-state index contributed by atoms with van der Waals surface area (Å²) in [4.78, 5) is 2.36. The lowest BCUT2D eigenvalue weighted by molar-refractivity contribution is 0.630. The van der Waals surface area contributed by atoms with Crippen LogP contribution in [-0.2, 0) is 5.41 Å². The average Bonchev–Trinajstić information content (AvgIpc) is 3.74. The van der Waals surface area contributed by atoms with E-state index in [1.165, 1.54) is 65.9 Å². The average molecular weight is 667 g/mol. The summed E-state index contributed by atoms with van der Waals surface area (Å²) in [6, 6.07) is 61.5. The van der Waals surface area contributed by atoms with Gasteiger partial charge >= 0.3 is 0 Å². The van der Waals surface area contributed by atoms with Crippen LogP contribution in [0.15, 0.2) is 174 Å². The number of fused-ring (bicyclic) bond motifs is 10. The van der Waals surface area contributed by atoms with Crippen LogP contribution in [-0.4, -0.2) is 4.57 Å². The number of para-hydroxylation sites is 3. The summed E-state index contributed by atoms with van der Waals surface area (Å²) in [6.07, 6.45) is 0. The number of furan rings is 1. The van der Waals surface area contributed by atoms with Gasteiger partial charge in [0.25, 0.3) is 0 Å². The van der Waals surface area contributed by atoms with Crippen molar-refractivity contribution in [1.29, 1.82) is 0 Å². The second kappa shape index (κ2) is 10.7. The normalized spacial score (nSPS) is 13.3. The first-order valence-corrected chi connectivity index (χ1v) is 18.0. The van der Waals surface area contributed by atoms with Gasteiger partial charge in [0.05, 0.1) is 27.8 Å². The predicted octanol–water partition coefficient (Wildman–Crippen LogP) is 13.6. The highest BCUT2D eigenvalue weighted by Gasteiger charge is 2.37. The molecule has 0 saturated heterocycles. The summed E-state index contributed by atoms with van der Waals surface area (Å²) in [5, 5.41) is 7.22. The van der Waals surface area contributed by atoms with Crippen LogP contribution in [0, 0.1) is 0 Å². The maximum Gasteiger partial charge on any atom is 0.145 e. The molecule has 0 radical (unpaired) electrons. The SMILES string of the molecule is CC1(C)c2cc(-c3ccc(N(c4ccccc4)c4cccc5ccccc45)cc3)ccc2-n2c3ccccc3c3c4oc5ccccc5c4cc1c32. The van der Waals surface area contributed by atoms with Crippen LogP contribution in [0.2, 0.25) is 0 Å². The van der Waals surface area contributed by atoms with Crippen molar-refractivity contribution in [2.75, 3.05) is 4.90 Å². The van der Waals surface area contributed by atoms with E-state index in [1.807, 2.05) is 0 Å². The van der Waals surface area contributed by atoms with Crippen molar-refractivity contribution in [3.63, 3.8) is 0 Å². The predicted molar refractivity (Wildman–Crippen MR) is 218 cm³/mol. The lowest BCUT2D eigenvalue weighted by atomic mass is 9.73. The van der Waals surface area contributed by atoms with Gasteiger partial charge in [-0.3, -0.25) is 0 Å². The summed E-state index contributed by atoms with van der Waals surface area (Å²) in [5.41, 5.74) is 13.8. The van der Waals surface area contributed by atoms with Gasteiger partial charge in [-0.25, -0.2) is 0 Å². The van der Waals surface area contributed by atoms with Crippen molar-refractivity contribution in [2.24, 2.45) is 0 Å². The number of nitrogens with zero attached hydrogens (tertiary/aromatic N) is 2. The first kappa shape index (κ1) is 29.2. The highest BCUT2D eigenvalue weighted by Crippen LogP contribution is 2.52. The van der Waals surface area contributed by atoms with E-state index in [4.69, 9.17) is 4.42 Å². The van der Waals surface area contributed by atoms with Crippen molar-refractivity contribution in [3.8, 4) is 16.8 Å². The van der Waals surface area contributed by atoms with Crippen molar-refractivity contribution in [2.45, 2.75) is 19.3 Å². The standard InChI is InChI=1S/C49H34N2O/c1-49(2)40-29-33(31-23-26-35(27-24-31)50(34-15-4-3-5-16-34)42-21-12-14-32-13-6-7-17-36(32)42)25-28-44(40)51-43-20-10-8-19-38(43)46-47(51)41(49)30-39-37-18-9-11-22-45(37)52-48(39)46/h3-30H,1-2H3. The molecule has 0 unspecified atom stereocenters. The zero-order chi connectivity index (χ0) is 34.6. The third-order valence-corrected chi connectivity index (χ3v) is 11.3. The molecule has 3 heteroatoms. The Morgan fingerprint density at radius 2 is 1.19 bits per heavy atom. The fraction of sp³-hybridized carbons (Fsp3) is 0.0612. The lowest BCUT2D eigenvalue weighted by Crippen LogP contribution is -2.26. The molecule has 10 aromatic rings. The zero-order valence-corrected chi connectivity index (χ0v) is 29.0. The first-order valence-electron chi connectivity index (χ1n) is 18.0. The topological polar surface area (TPSA) is 21.3 Å². The van der Waals surface area contributed by atoms with Crippen molar-refractivity contribution in [1.82, 2.24) is 4.57 Å².